The van der Waals surface area contributed by atoms with Gasteiger partial charge in [-0.2, -0.15) is 0 Å². The number of nitrogens with one attached hydrogen (secondary N) is 1. The molecule has 0 radical (unpaired) electrons. The van der Waals surface area contributed by atoms with Crippen molar-refractivity contribution in [3.05, 3.63) is 0 Å². The van der Waals surface area contributed by atoms with Crippen LogP contribution in [0.25, 0.3) is 0 Å². The average molecular weight is 564 g/mol. The highest BCUT2D eigenvalue weighted by Crippen LogP contribution is 2.38. The molecule has 0 aromatic carbocycles. The SMILES string of the molecule is CC(=O)C(C(=O)OC1CC(C)CCC1C(C)C)C(C)C(C(C)=O)C(=NNC(N)=O)OC1CC(C)CCC1C(C)C. The highest BCUT2D eigenvalue weighted by atomic mass is 16.5. The molecule has 0 bridgehead atoms. The summed E-state index contributed by atoms with van der Waals surface area (Å²) in [7, 11) is 0. The lowest BCUT2D eigenvalue weighted by Gasteiger charge is -2.39. The van der Waals surface area contributed by atoms with Crippen molar-refractivity contribution in [2.75, 3.05) is 0 Å². The molecule has 9 heteroatoms. The van der Waals surface area contributed by atoms with Gasteiger partial charge < -0.3 is 15.2 Å². The van der Waals surface area contributed by atoms with Crippen LogP contribution in [0, 0.1) is 53.3 Å². The van der Waals surface area contributed by atoms with Gasteiger partial charge in [-0.05, 0) is 81.0 Å². The van der Waals surface area contributed by atoms with Gasteiger partial charge in [0.25, 0.3) is 0 Å². The lowest BCUT2D eigenvalue weighted by atomic mass is 9.74. The normalized spacial score (nSPS) is 29.8. The van der Waals surface area contributed by atoms with Crippen molar-refractivity contribution >= 4 is 29.5 Å². The van der Waals surface area contributed by atoms with Gasteiger partial charge in [-0.3, -0.25) is 14.4 Å². The number of hydrogen-bond donors (Lipinski definition) is 2. The monoisotopic (exact) mass is 563 g/mol. The predicted molar refractivity (Wildman–Crippen MR) is 155 cm³/mol. The zero-order valence-electron chi connectivity index (χ0n) is 26.1. The third-order valence-electron chi connectivity index (χ3n) is 9.19. The van der Waals surface area contributed by atoms with Crippen LogP contribution >= 0.6 is 0 Å². The zero-order chi connectivity index (χ0) is 30.3. The Balaban J connectivity index is 2.41. The Hall–Kier alpha value is -2.45. The van der Waals surface area contributed by atoms with Crippen molar-refractivity contribution in [2.24, 2.45) is 64.1 Å². The second kappa shape index (κ2) is 15.0. The first-order valence-corrected chi connectivity index (χ1v) is 15.1. The number of ketones is 2. The average Bonchev–Trinajstić information content (AvgIpc) is 2.81. The van der Waals surface area contributed by atoms with Crippen molar-refractivity contribution in [1.82, 2.24) is 5.43 Å². The van der Waals surface area contributed by atoms with Crippen LogP contribution in [0.15, 0.2) is 5.10 Å². The van der Waals surface area contributed by atoms with E-state index in [0.29, 0.717) is 23.7 Å². The van der Waals surface area contributed by atoms with Gasteiger partial charge in [-0.15, -0.1) is 5.10 Å². The number of carbonyl (C=O) groups is 4. The summed E-state index contributed by atoms with van der Waals surface area (Å²) < 4.78 is 12.5. The number of nitrogens with two attached hydrogens (primary N) is 1. The van der Waals surface area contributed by atoms with Crippen LogP contribution in [-0.2, 0) is 23.9 Å². The molecule has 40 heavy (non-hydrogen) atoms. The highest BCUT2D eigenvalue weighted by Gasteiger charge is 2.44. The summed E-state index contributed by atoms with van der Waals surface area (Å²) in [5, 5.41) is 4.13. The Morgan fingerprint density at radius 3 is 1.60 bits per heavy atom. The fraction of sp³-hybridized carbons (Fsp3) is 0.839. The summed E-state index contributed by atoms with van der Waals surface area (Å²) in [6.07, 6.45) is 5.10. The van der Waals surface area contributed by atoms with Crippen molar-refractivity contribution in [3.63, 3.8) is 0 Å². The molecule has 0 spiro atoms. The van der Waals surface area contributed by atoms with Gasteiger partial charge >= 0.3 is 12.0 Å². The molecule has 9 atom stereocenters. The maximum atomic E-state index is 13.6. The predicted octanol–water partition coefficient (Wildman–Crippen LogP) is 5.50. The molecule has 0 heterocycles. The third kappa shape index (κ3) is 9.03. The molecular formula is C31H53N3O6. The summed E-state index contributed by atoms with van der Waals surface area (Å²) in [6.45, 7) is 17.2. The van der Waals surface area contributed by atoms with Gasteiger partial charge in [0.15, 0.2) is 0 Å². The quantitative estimate of drug-likeness (QED) is 0.112. The van der Waals surface area contributed by atoms with Gasteiger partial charge in [0, 0.05) is 0 Å². The van der Waals surface area contributed by atoms with Crippen LogP contribution in [0.1, 0.15) is 101 Å². The summed E-state index contributed by atoms with van der Waals surface area (Å²) in [4.78, 5) is 51.3. The maximum absolute atomic E-state index is 13.6. The molecule has 9 nitrogen and oxygen atoms in total. The number of esters is 1. The van der Waals surface area contributed by atoms with Crippen LogP contribution < -0.4 is 11.2 Å². The standard InChI is InChI=1S/C31H53N3O6/c1-16(2)23-12-10-18(5)14-25(23)39-29(33-34-31(32)38)27(21(8)35)20(7)28(22(9)36)30(37)40-26-15-19(6)11-13-24(26)17(3)4/h16-20,23-28H,10-15H2,1-9H3,(H3,32,34,38). The van der Waals surface area contributed by atoms with E-state index in [2.05, 4.69) is 52.1 Å². The molecular weight excluding hydrogens is 510 g/mol. The van der Waals surface area contributed by atoms with Gasteiger partial charge in [-0.1, -0.05) is 61.3 Å². The van der Waals surface area contributed by atoms with E-state index < -0.39 is 29.8 Å². The maximum Gasteiger partial charge on any atom is 0.332 e. The van der Waals surface area contributed by atoms with E-state index in [1.165, 1.54) is 13.8 Å². The number of hydrogen-bond acceptors (Lipinski definition) is 7. The van der Waals surface area contributed by atoms with Crippen molar-refractivity contribution < 1.29 is 28.7 Å². The van der Waals surface area contributed by atoms with E-state index >= 15 is 0 Å². The molecule has 3 N–H and O–H groups in total. The fourth-order valence-electron chi connectivity index (χ4n) is 6.87. The number of carbonyl (C=O) groups excluding carboxylic acids is 4. The number of hydrazone groups is 1. The summed E-state index contributed by atoms with van der Waals surface area (Å²) in [5.74, 6) is -2.44. The molecule has 2 saturated carbocycles. The fourth-order valence-corrected chi connectivity index (χ4v) is 6.87. The van der Waals surface area contributed by atoms with Crippen LogP contribution in [0.5, 0.6) is 0 Å². The molecule has 2 fully saturated rings. The third-order valence-corrected chi connectivity index (χ3v) is 9.19. The Morgan fingerprint density at radius 2 is 1.20 bits per heavy atom. The van der Waals surface area contributed by atoms with Crippen LogP contribution in [0.4, 0.5) is 4.79 Å². The summed E-state index contributed by atoms with van der Waals surface area (Å²) >= 11 is 0. The van der Waals surface area contributed by atoms with Gasteiger partial charge in [0.2, 0.25) is 5.90 Å². The first kappa shape index (κ1) is 33.8. The highest BCUT2D eigenvalue weighted by molar-refractivity contribution is 6.04. The number of urea groups is 1. The molecule has 9 unspecified atom stereocenters. The van der Waals surface area contributed by atoms with Gasteiger partial charge in [0.1, 0.15) is 29.7 Å². The number of nitrogens with zero attached hydrogens (tertiary/aromatic N) is 1. The summed E-state index contributed by atoms with van der Waals surface area (Å²) in [5.41, 5.74) is 7.52. The van der Waals surface area contributed by atoms with Gasteiger partial charge in [0.05, 0.1) is 5.92 Å². The Morgan fingerprint density at radius 1 is 0.750 bits per heavy atom. The molecule has 2 rings (SSSR count). The molecule has 0 aromatic rings. The minimum atomic E-state index is -1.19. The Bertz CT molecular complexity index is 932. The number of Topliss-reactive ketones (excluding diaryl/α,β-unsaturated/α-hetero) is 2. The minimum Gasteiger partial charge on any atom is -0.476 e. The van der Waals surface area contributed by atoms with E-state index in [9.17, 15) is 19.2 Å². The molecule has 2 amide bonds. The Kier molecular flexibility index (Phi) is 12.6. The Labute approximate surface area is 240 Å². The number of rotatable bonds is 11. The molecule has 228 valence electrons. The molecule has 2 aliphatic rings. The number of amides is 2. The second-order valence-corrected chi connectivity index (χ2v) is 13.2. The van der Waals surface area contributed by atoms with E-state index in [1.807, 2.05) is 0 Å². The number of ether oxygens (including phenoxy) is 2. The number of primary amides is 1. The first-order chi connectivity index (χ1) is 18.6. The molecule has 0 saturated heterocycles. The largest absolute Gasteiger partial charge is 0.476 e. The molecule has 0 aliphatic heterocycles. The molecule has 0 aromatic heterocycles. The van der Waals surface area contributed by atoms with Crippen molar-refractivity contribution in [2.45, 2.75) is 113 Å². The van der Waals surface area contributed by atoms with Crippen LogP contribution in [-0.4, -0.2) is 41.7 Å². The minimum absolute atomic E-state index is 0.0195. The lowest BCUT2D eigenvalue weighted by molar-refractivity contribution is -0.165. The van der Waals surface area contributed by atoms with E-state index in [-0.39, 0.29) is 41.5 Å². The van der Waals surface area contributed by atoms with Crippen LogP contribution in [0.3, 0.4) is 0 Å². The van der Waals surface area contributed by atoms with Crippen LogP contribution in [0.2, 0.25) is 0 Å². The first-order valence-electron chi connectivity index (χ1n) is 15.1. The zero-order valence-corrected chi connectivity index (χ0v) is 26.1. The van der Waals surface area contributed by atoms with E-state index in [1.54, 1.807) is 6.92 Å². The summed E-state index contributed by atoms with van der Waals surface area (Å²) in [6, 6.07) is -0.901. The van der Waals surface area contributed by atoms with E-state index in [0.717, 1.165) is 38.5 Å². The topological polar surface area (TPSA) is 137 Å². The lowest BCUT2D eigenvalue weighted by Crippen LogP contribution is -2.46. The van der Waals surface area contributed by atoms with Crippen molar-refractivity contribution in [1.29, 1.82) is 0 Å². The van der Waals surface area contributed by atoms with Gasteiger partial charge in [-0.25, -0.2) is 10.2 Å². The van der Waals surface area contributed by atoms with E-state index in [4.69, 9.17) is 15.2 Å². The van der Waals surface area contributed by atoms with Crippen molar-refractivity contribution in [3.8, 4) is 0 Å². The smallest absolute Gasteiger partial charge is 0.332 e. The molecule has 2 aliphatic carbocycles. The second-order valence-electron chi connectivity index (χ2n) is 13.2.